The van der Waals surface area contributed by atoms with Gasteiger partial charge in [-0.25, -0.2) is 4.39 Å². The molecular formula is C17H26FN. The van der Waals surface area contributed by atoms with Crippen molar-refractivity contribution in [1.29, 1.82) is 0 Å². The summed E-state index contributed by atoms with van der Waals surface area (Å²) in [5.74, 6) is 1.32. The normalized spacial score (nSPS) is 29.2. The van der Waals surface area contributed by atoms with Crippen LogP contribution in [-0.2, 0) is 0 Å². The first-order valence-corrected chi connectivity index (χ1v) is 7.51. The van der Waals surface area contributed by atoms with Gasteiger partial charge < -0.3 is 5.32 Å². The lowest BCUT2D eigenvalue weighted by atomic mass is 9.78. The van der Waals surface area contributed by atoms with E-state index in [1.54, 1.807) is 6.07 Å². The van der Waals surface area contributed by atoms with Gasteiger partial charge in [-0.15, -0.1) is 0 Å². The Bertz CT molecular complexity index is 419. The fourth-order valence-electron chi connectivity index (χ4n) is 3.27. The molecule has 1 aliphatic carbocycles. The minimum absolute atomic E-state index is 0.101. The molecule has 2 rings (SSSR count). The van der Waals surface area contributed by atoms with Crippen LogP contribution in [0.5, 0.6) is 0 Å². The van der Waals surface area contributed by atoms with Gasteiger partial charge >= 0.3 is 0 Å². The Morgan fingerprint density at radius 1 is 1.21 bits per heavy atom. The van der Waals surface area contributed by atoms with E-state index in [9.17, 15) is 4.39 Å². The van der Waals surface area contributed by atoms with E-state index in [-0.39, 0.29) is 11.9 Å². The van der Waals surface area contributed by atoms with Crippen LogP contribution in [0.2, 0.25) is 0 Å². The molecule has 1 aromatic rings. The SMILES string of the molecule is Cc1ccc(C(C)NC2C(C)CCCC2C)cc1F. The van der Waals surface area contributed by atoms with Crippen LogP contribution in [0, 0.1) is 24.6 Å². The topological polar surface area (TPSA) is 12.0 Å². The summed E-state index contributed by atoms with van der Waals surface area (Å²) >= 11 is 0. The second kappa shape index (κ2) is 6.04. The minimum atomic E-state index is -0.101. The maximum Gasteiger partial charge on any atom is 0.126 e. The van der Waals surface area contributed by atoms with E-state index in [0.29, 0.717) is 17.9 Å². The number of nitrogens with one attached hydrogen (secondary N) is 1. The molecule has 106 valence electrons. The summed E-state index contributed by atoms with van der Waals surface area (Å²) in [6.45, 7) is 8.60. The fraction of sp³-hybridized carbons (Fsp3) is 0.647. The molecule has 3 atom stereocenters. The number of hydrogen-bond acceptors (Lipinski definition) is 1. The smallest absolute Gasteiger partial charge is 0.126 e. The molecule has 0 spiro atoms. The van der Waals surface area contributed by atoms with E-state index in [0.717, 1.165) is 11.1 Å². The second-order valence-corrected chi connectivity index (χ2v) is 6.31. The zero-order chi connectivity index (χ0) is 14.0. The third kappa shape index (κ3) is 3.36. The highest BCUT2D eigenvalue weighted by atomic mass is 19.1. The Balaban J connectivity index is 2.07. The van der Waals surface area contributed by atoms with Gasteiger partial charge in [-0.2, -0.15) is 0 Å². The summed E-state index contributed by atoms with van der Waals surface area (Å²) in [6, 6.07) is 6.34. The van der Waals surface area contributed by atoms with Crippen molar-refractivity contribution in [3.8, 4) is 0 Å². The van der Waals surface area contributed by atoms with Crippen LogP contribution >= 0.6 is 0 Å². The van der Waals surface area contributed by atoms with Crippen LogP contribution in [0.15, 0.2) is 18.2 Å². The van der Waals surface area contributed by atoms with E-state index in [2.05, 4.69) is 26.1 Å². The molecule has 0 aliphatic heterocycles. The van der Waals surface area contributed by atoms with Gasteiger partial charge in [0.15, 0.2) is 0 Å². The summed E-state index contributed by atoms with van der Waals surface area (Å²) in [7, 11) is 0. The predicted molar refractivity (Wildman–Crippen MR) is 78.7 cm³/mol. The first kappa shape index (κ1) is 14.5. The van der Waals surface area contributed by atoms with E-state index in [1.807, 2.05) is 19.1 Å². The maximum absolute atomic E-state index is 13.6. The van der Waals surface area contributed by atoms with Gasteiger partial charge in [0.1, 0.15) is 5.82 Å². The van der Waals surface area contributed by atoms with Gasteiger partial charge in [0.2, 0.25) is 0 Å². The lowest BCUT2D eigenvalue weighted by molar-refractivity contribution is 0.196. The first-order valence-electron chi connectivity index (χ1n) is 7.51. The second-order valence-electron chi connectivity index (χ2n) is 6.31. The molecule has 1 aliphatic rings. The highest BCUT2D eigenvalue weighted by Crippen LogP contribution is 2.30. The van der Waals surface area contributed by atoms with Crippen LogP contribution in [0.25, 0.3) is 0 Å². The highest BCUT2D eigenvalue weighted by molar-refractivity contribution is 5.25. The monoisotopic (exact) mass is 263 g/mol. The predicted octanol–water partition coefficient (Wildman–Crippen LogP) is 4.61. The number of rotatable bonds is 3. The van der Waals surface area contributed by atoms with Gasteiger partial charge in [-0.3, -0.25) is 0 Å². The summed E-state index contributed by atoms with van der Waals surface area (Å²) in [5, 5.41) is 3.71. The Morgan fingerprint density at radius 3 is 2.42 bits per heavy atom. The van der Waals surface area contributed by atoms with Crippen molar-refractivity contribution in [3.05, 3.63) is 35.1 Å². The van der Waals surface area contributed by atoms with Gasteiger partial charge in [0, 0.05) is 12.1 Å². The molecule has 0 aromatic heterocycles. The van der Waals surface area contributed by atoms with Gasteiger partial charge in [-0.1, -0.05) is 32.4 Å². The molecule has 1 aromatic carbocycles. The molecule has 1 saturated carbocycles. The Morgan fingerprint density at radius 2 is 1.84 bits per heavy atom. The molecule has 1 nitrogen and oxygen atoms in total. The molecule has 0 saturated heterocycles. The molecule has 3 unspecified atom stereocenters. The number of aryl methyl sites for hydroxylation is 1. The summed E-state index contributed by atoms with van der Waals surface area (Å²) in [6.07, 6.45) is 3.95. The molecular weight excluding hydrogens is 237 g/mol. The molecule has 1 fully saturated rings. The van der Waals surface area contributed by atoms with Crippen molar-refractivity contribution >= 4 is 0 Å². The van der Waals surface area contributed by atoms with Crippen molar-refractivity contribution in [2.45, 2.75) is 59.0 Å². The van der Waals surface area contributed by atoms with Crippen LogP contribution in [0.1, 0.15) is 57.2 Å². The number of hydrogen-bond donors (Lipinski definition) is 1. The van der Waals surface area contributed by atoms with Crippen molar-refractivity contribution in [3.63, 3.8) is 0 Å². The molecule has 0 bridgehead atoms. The summed E-state index contributed by atoms with van der Waals surface area (Å²) in [4.78, 5) is 0. The Kier molecular flexibility index (Phi) is 4.62. The molecule has 19 heavy (non-hydrogen) atoms. The van der Waals surface area contributed by atoms with Crippen LogP contribution in [0.4, 0.5) is 4.39 Å². The zero-order valence-corrected chi connectivity index (χ0v) is 12.5. The average Bonchev–Trinajstić information content (AvgIpc) is 2.37. The van der Waals surface area contributed by atoms with Crippen molar-refractivity contribution in [2.75, 3.05) is 0 Å². The minimum Gasteiger partial charge on any atom is -0.307 e. The van der Waals surface area contributed by atoms with Crippen LogP contribution in [-0.4, -0.2) is 6.04 Å². The fourth-order valence-corrected chi connectivity index (χ4v) is 3.27. The lowest BCUT2D eigenvalue weighted by Crippen LogP contribution is -2.43. The summed E-state index contributed by atoms with van der Waals surface area (Å²) in [5.41, 5.74) is 1.77. The lowest BCUT2D eigenvalue weighted by Gasteiger charge is -2.37. The van der Waals surface area contributed by atoms with Crippen LogP contribution in [0.3, 0.4) is 0 Å². The number of halogens is 1. The largest absolute Gasteiger partial charge is 0.307 e. The van der Waals surface area contributed by atoms with Gasteiger partial charge in [-0.05, 0) is 55.7 Å². The number of benzene rings is 1. The Hall–Kier alpha value is -0.890. The van der Waals surface area contributed by atoms with E-state index in [4.69, 9.17) is 0 Å². The third-order valence-electron chi connectivity index (χ3n) is 4.68. The standard InChI is InChI=1S/C17H26FN/c1-11-8-9-15(10-16(11)18)14(4)19-17-12(2)6-5-7-13(17)3/h8-10,12-14,17,19H,5-7H2,1-4H3. The van der Waals surface area contributed by atoms with Crippen molar-refractivity contribution in [2.24, 2.45) is 11.8 Å². The van der Waals surface area contributed by atoms with E-state index < -0.39 is 0 Å². The highest BCUT2D eigenvalue weighted by Gasteiger charge is 2.28. The summed E-state index contributed by atoms with van der Waals surface area (Å²) < 4.78 is 13.6. The van der Waals surface area contributed by atoms with E-state index in [1.165, 1.54) is 19.3 Å². The molecule has 1 N–H and O–H groups in total. The van der Waals surface area contributed by atoms with Crippen molar-refractivity contribution < 1.29 is 4.39 Å². The molecule has 0 heterocycles. The Labute approximate surface area is 116 Å². The first-order chi connectivity index (χ1) is 8.99. The third-order valence-corrected chi connectivity index (χ3v) is 4.68. The quantitative estimate of drug-likeness (QED) is 0.839. The molecule has 0 amide bonds. The molecule has 0 radical (unpaired) electrons. The van der Waals surface area contributed by atoms with Crippen LogP contribution < -0.4 is 5.32 Å². The maximum atomic E-state index is 13.6. The average molecular weight is 263 g/mol. The van der Waals surface area contributed by atoms with Gasteiger partial charge in [0.25, 0.3) is 0 Å². The van der Waals surface area contributed by atoms with Crippen molar-refractivity contribution in [1.82, 2.24) is 5.32 Å². The van der Waals surface area contributed by atoms with Gasteiger partial charge in [0.05, 0.1) is 0 Å². The van der Waals surface area contributed by atoms with E-state index >= 15 is 0 Å². The molecule has 2 heteroatoms. The zero-order valence-electron chi connectivity index (χ0n) is 12.5.